The molecule has 0 radical (unpaired) electrons. The zero-order chi connectivity index (χ0) is 6.50. The molecule has 0 saturated carbocycles. The van der Waals surface area contributed by atoms with Gasteiger partial charge in [-0.1, -0.05) is 0 Å². The summed E-state index contributed by atoms with van der Waals surface area (Å²) in [6.07, 6.45) is 0. The Kier molecular flexibility index (Phi) is 6.95. The van der Waals surface area contributed by atoms with Crippen molar-refractivity contribution in [2.45, 2.75) is 0 Å². The van der Waals surface area contributed by atoms with Gasteiger partial charge < -0.3 is 14.7 Å². The second kappa shape index (κ2) is 4.65. The summed E-state index contributed by atoms with van der Waals surface area (Å²) in [5.74, 6) is 0. The third-order valence-electron chi connectivity index (χ3n) is 0. The average molecular weight is 165 g/mol. The van der Waals surface area contributed by atoms with Gasteiger partial charge in [-0.15, -0.1) is 0 Å². The van der Waals surface area contributed by atoms with Crippen molar-refractivity contribution in [2.24, 2.45) is 0 Å². The molecule has 0 fully saturated rings. The maximum atomic E-state index is 8.88. The van der Waals surface area contributed by atoms with Crippen molar-refractivity contribution in [2.75, 3.05) is 0 Å². The summed E-state index contributed by atoms with van der Waals surface area (Å²) in [4.78, 5) is 21.6. The summed E-state index contributed by atoms with van der Waals surface area (Å²) in [5.41, 5.74) is 0. The van der Waals surface area contributed by atoms with E-state index in [-0.39, 0.29) is 0 Å². The topological polar surface area (TPSA) is 94.8 Å². The summed E-state index contributed by atoms with van der Waals surface area (Å²) in [5, 5.41) is 0. The van der Waals surface area contributed by atoms with Gasteiger partial charge in [0.15, 0.2) is 0 Å². The molecule has 0 aliphatic heterocycles. The normalized spacial score (nSPS) is 8.86. The van der Waals surface area contributed by atoms with E-state index >= 15 is 0 Å². The Morgan fingerprint density at radius 2 is 1.14 bits per heavy atom. The first-order valence-electron chi connectivity index (χ1n) is 0.965. The first-order valence-corrected chi connectivity index (χ1v) is 3.10. The molecule has 5 nitrogen and oxygen atoms in total. The zero-order valence-electron chi connectivity index (χ0n) is 3.05. The molecule has 0 rings (SSSR count). The number of rotatable bonds is 0. The van der Waals surface area contributed by atoms with Gasteiger partial charge in [-0.05, 0) is 0 Å². The molecule has 0 atom stereocenters. The van der Waals surface area contributed by atoms with Gasteiger partial charge in [0.1, 0.15) is 0 Å². The number of phosphoric acid groups is 1. The van der Waals surface area contributed by atoms with Gasteiger partial charge in [0.2, 0.25) is 0 Å². The SMILES string of the molecule is O=P(O)(O)O.[O]=[V]. The molecule has 0 aliphatic rings. The fraction of sp³-hybridized carbons (Fsp3) is 0. The van der Waals surface area contributed by atoms with Crippen LogP contribution in [0, 0.1) is 0 Å². The van der Waals surface area contributed by atoms with E-state index in [0.29, 0.717) is 0 Å². The van der Waals surface area contributed by atoms with Crippen LogP contribution >= 0.6 is 7.82 Å². The van der Waals surface area contributed by atoms with E-state index in [1.807, 2.05) is 0 Å². The zero-order valence-corrected chi connectivity index (χ0v) is 5.34. The van der Waals surface area contributed by atoms with Crippen LogP contribution in [0.2, 0.25) is 0 Å². The van der Waals surface area contributed by atoms with Crippen LogP contribution in [-0.4, -0.2) is 14.7 Å². The van der Waals surface area contributed by atoms with Crippen LogP contribution < -0.4 is 0 Å². The third kappa shape index (κ3) is 537. The molecule has 0 amide bonds. The predicted octanol–water partition coefficient (Wildman–Crippen LogP) is -1.05. The van der Waals surface area contributed by atoms with Crippen LogP contribution in [-0.2, 0) is 25.6 Å². The monoisotopic (exact) mass is 165 g/mol. The van der Waals surface area contributed by atoms with Crippen LogP contribution in [0.3, 0.4) is 0 Å². The number of hydrogen-bond acceptors (Lipinski definition) is 2. The molecular formula is H3O5PV. The van der Waals surface area contributed by atoms with Crippen molar-refractivity contribution in [1.29, 1.82) is 0 Å². The summed E-state index contributed by atoms with van der Waals surface area (Å²) in [6.45, 7) is 0. The Morgan fingerprint density at radius 1 is 1.14 bits per heavy atom. The van der Waals surface area contributed by atoms with Crippen molar-refractivity contribution in [3.63, 3.8) is 0 Å². The molecule has 0 aromatic rings. The molecule has 0 spiro atoms. The van der Waals surface area contributed by atoms with E-state index in [1.165, 1.54) is 0 Å². The molecule has 0 aliphatic carbocycles. The van der Waals surface area contributed by atoms with Gasteiger partial charge in [0, 0.05) is 0 Å². The Labute approximate surface area is 48.8 Å². The molecular weight excluding hydrogens is 162 g/mol. The van der Waals surface area contributed by atoms with Crippen molar-refractivity contribution in [3.05, 3.63) is 0 Å². The van der Waals surface area contributed by atoms with Crippen LogP contribution in [0.15, 0.2) is 0 Å². The summed E-state index contributed by atoms with van der Waals surface area (Å²) < 4.78 is 17.1. The standard InChI is InChI=1S/H3O4P.O.V/c1-5(2,3)4;;/h(H3,1,2,3,4);;. The van der Waals surface area contributed by atoms with E-state index in [1.54, 1.807) is 0 Å². The molecule has 7 heavy (non-hydrogen) atoms. The predicted molar refractivity (Wildman–Crippen MR) is 14.9 cm³/mol. The van der Waals surface area contributed by atoms with E-state index in [0.717, 1.165) is 17.4 Å². The molecule has 0 aromatic carbocycles. The van der Waals surface area contributed by atoms with Crippen molar-refractivity contribution in [3.8, 4) is 0 Å². The molecule has 3 N–H and O–H groups in total. The van der Waals surface area contributed by atoms with Crippen LogP contribution in [0.25, 0.3) is 0 Å². The van der Waals surface area contributed by atoms with E-state index in [2.05, 4.69) is 0 Å². The van der Waals surface area contributed by atoms with E-state index in [9.17, 15) is 0 Å². The average Bonchev–Trinajstić information content (AvgIpc) is 1.36. The van der Waals surface area contributed by atoms with Crippen LogP contribution in [0.4, 0.5) is 0 Å². The minimum absolute atomic E-state index is 1.06. The molecule has 0 bridgehead atoms. The molecule has 0 heterocycles. The third-order valence-corrected chi connectivity index (χ3v) is 0. The van der Waals surface area contributed by atoms with Gasteiger partial charge in [-0.2, -0.15) is 0 Å². The van der Waals surface area contributed by atoms with Gasteiger partial charge in [-0.3, -0.25) is 0 Å². The maximum absolute atomic E-state index is 8.88. The van der Waals surface area contributed by atoms with Crippen LogP contribution in [0.5, 0.6) is 0 Å². The molecule has 0 aromatic heterocycles. The molecule has 0 unspecified atom stereocenters. The van der Waals surface area contributed by atoms with Crippen molar-refractivity contribution in [1.82, 2.24) is 0 Å². The Hall–Kier alpha value is 0.494. The Morgan fingerprint density at radius 3 is 1.14 bits per heavy atom. The van der Waals surface area contributed by atoms with Gasteiger partial charge in [0.25, 0.3) is 0 Å². The van der Waals surface area contributed by atoms with Crippen molar-refractivity contribution < 1.29 is 40.3 Å². The van der Waals surface area contributed by atoms with Crippen LogP contribution in [0.1, 0.15) is 0 Å². The molecule has 43 valence electrons. The Balaban J connectivity index is 0. The van der Waals surface area contributed by atoms with E-state index < -0.39 is 7.82 Å². The second-order valence-corrected chi connectivity index (χ2v) is 1.54. The number of hydrogen-bond donors (Lipinski definition) is 3. The summed E-state index contributed by atoms with van der Waals surface area (Å²) >= 11 is 1.06. The van der Waals surface area contributed by atoms with Gasteiger partial charge in [0.05, 0.1) is 0 Å². The van der Waals surface area contributed by atoms with Gasteiger partial charge in [-0.25, -0.2) is 4.57 Å². The molecule has 7 heteroatoms. The minimum atomic E-state index is -4.64. The van der Waals surface area contributed by atoms with Gasteiger partial charge >= 0.3 is 28.9 Å². The summed E-state index contributed by atoms with van der Waals surface area (Å²) in [6, 6.07) is 0. The first-order chi connectivity index (χ1) is 3.00. The quantitative estimate of drug-likeness (QED) is 0.398. The first kappa shape index (κ1) is 10.5. The Bertz CT molecular complexity index is 63.9. The second-order valence-electron chi connectivity index (χ2n) is 0.513. The fourth-order valence-corrected chi connectivity index (χ4v) is 0. The molecule has 0 saturated heterocycles. The fourth-order valence-electron chi connectivity index (χ4n) is 0. The van der Waals surface area contributed by atoms with Crippen molar-refractivity contribution >= 4 is 7.82 Å². The summed E-state index contributed by atoms with van der Waals surface area (Å²) in [7, 11) is -4.64. The van der Waals surface area contributed by atoms with E-state index in [4.69, 9.17) is 22.9 Å².